The first kappa shape index (κ1) is 10.7. The molecule has 0 unspecified atom stereocenters. The second kappa shape index (κ2) is 4.41. The molecule has 1 fully saturated rings. The lowest BCUT2D eigenvalue weighted by Crippen LogP contribution is -2.05. The molecular formula is C15H19Cl. The lowest BCUT2D eigenvalue weighted by atomic mass is 9.83. The Bertz CT molecular complexity index is 389. The van der Waals surface area contributed by atoms with Crippen molar-refractivity contribution in [2.24, 2.45) is 0 Å². The molecule has 2 aliphatic rings. The van der Waals surface area contributed by atoms with Gasteiger partial charge in [-0.3, -0.25) is 0 Å². The van der Waals surface area contributed by atoms with Gasteiger partial charge < -0.3 is 0 Å². The fourth-order valence-electron chi connectivity index (χ4n) is 3.34. The van der Waals surface area contributed by atoms with Gasteiger partial charge in [0, 0.05) is 5.02 Å². The maximum absolute atomic E-state index is 6.44. The van der Waals surface area contributed by atoms with Gasteiger partial charge in [-0.2, -0.15) is 0 Å². The van der Waals surface area contributed by atoms with Gasteiger partial charge >= 0.3 is 0 Å². The van der Waals surface area contributed by atoms with E-state index in [1.54, 1.807) is 5.56 Å². The van der Waals surface area contributed by atoms with E-state index in [1.165, 1.54) is 62.5 Å². The molecule has 0 saturated heterocycles. The van der Waals surface area contributed by atoms with Crippen LogP contribution < -0.4 is 0 Å². The summed E-state index contributed by atoms with van der Waals surface area (Å²) in [5.74, 6) is 0.743. The van der Waals surface area contributed by atoms with E-state index in [2.05, 4.69) is 12.1 Å². The van der Waals surface area contributed by atoms with Crippen LogP contribution in [0.2, 0.25) is 5.02 Å². The molecule has 0 heterocycles. The van der Waals surface area contributed by atoms with Crippen molar-refractivity contribution in [1.29, 1.82) is 0 Å². The molecule has 0 aliphatic heterocycles. The highest BCUT2D eigenvalue weighted by Crippen LogP contribution is 2.39. The van der Waals surface area contributed by atoms with E-state index in [0.717, 1.165) is 10.9 Å². The van der Waals surface area contributed by atoms with Crippen LogP contribution >= 0.6 is 11.6 Å². The molecule has 16 heavy (non-hydrogen) atoms. The Hall–Kier alpha value is -0.490. The van der Waals surface area contributed by atoms with Crippen molar-refractivity contribution in [3.8, 4) is 0 Å². The highest BCUT2D eigenvalue weighted by atomic mass is 35.5. The van der Waals surface area contributed by atoms with Crippen LogP contribution in [0.4, 0.5) is 0 Å². The second-order valence-electron chi connectivity index (χ2n) is 5.33. The van der Waals surface area contributed by atoms with Crippen LogP contribution in [0.1, 0.15) is 61.1 Å². The minimum Gasteiger partial charge on any atom is -0.0840 e. The fraction of sp³-hybridized carbons (Fsp3) is 0.600. The molecule has 0 aromatic heterocycles. The van der Waals surface area contributed by atoms with E-state index >= 15 is 0 Å². The number of fused-ring (bicyclic) bond motifs is 1. The van der Waals surface area contributed by atoms with Crippen molar-refractivity contribution in [3.63, 3.8) is 0 Å². The molecule has 3 rings (SSSR count). The Balaban J connectivity index is 1.94. The molecule has 86 valence electrons. The molecule has 1 saturated carbocycles. The van der Waals surface area contributed by atoms with Gasteiger partial charge in [-0.1, -0.05) is 36.9 Å². The van der Waals surface area contributed by atoms with Gasteiger partial charge in [0.1, 0.15) is 0 Å². The van der Waals surface area contributed by atoms with Gasteiger partial charge in [0.05, 0.1) is 0 Å². The highest BCUT2D eigenvalue weighted by molar-refractivity contribution is 6.31. The predicted molar refractivity (Wildman–Crippen MR) is 69.3 cm³/mol. The molecule has 1 aromatic carbocycles. The van der Waals surface area contributed by atoms with Crippen LogP contribution in [-0.2, 0) is 12.8 Å². The van der Waals surface area contributed by atoms with Crippen LogP contribution in [0, 0.1) is 0 Å². The topological polar surface area (TPSA) is 0 Å². The predicted octanol–water partition coefficient (Wildman–Crippen LogP) is 4.88. The smallest absolute Gasteiger partial charge is 0.0443 e. The first-order valence-electron chi connectivity index (χ1n) is 6.66. The molecule has 0 nitrogen and oxygen atoms in total. The molecule has 0 bridgehead atoms. The van der Waals surface area contributed by atoms with Gasteiger partial charge in [-0.15, -0.1) is 0 Å². The SMILES string of the molecule is Clc1cc2c(cc1C1CCCCC1)CCC2. The van der Waals surface area contributed by atoms with Crippen LogP contribution in [0.3, 0.4) is 0 Å². The van der Waals surface area contributed by atoms with E-state index in [0.29, 0.717) is 0 Å². The second-order valence-corrected chi connectivity index (χ2v) is 5.74. The zero-order valence-electron chi connectivity index (χ0n) is 9.77. The monoisotopic (exact) mass is 234 g/mol. The summed E-state index contributed by atoms with van der Waals surface area (Å²) in [6.45, 7) is 0. The van der Waals surface area contributed by atoms with Crippen molar-refractivity contribution in [1.82, 2.24) is 0 Å². The lowest BCUT2D eigenvalue weighted by molar-refractivity contribution is 0.443. The average Bonchev–Trinajstić information content (AvgIpc) is 2.76. The Labute approximate surface area is 103 Å². The third-order valence-corrected chi connectivity index (χ3v) is 4.58. The van der Waals surface area contributed by atoms with Gasteiger partial charge in [0.25, 0.3) is 0 Å². The van der Waals surface area contributed by atoms with Crippen molar-refractivity contribution in [3.05, 3.63) is 33.8 Å². The summed E-state index contributed by atoms with van der Waals surface area (Å²) in [4.78, 5) is 0. The van der Waals surface area contributed by atoms with Gasteiger partial charge in [0.2, 0.25) is 0 Å². The molecule has 0 spiro atoms. The van der Waals surface area contributed by atoms with E-state index in [1.807, 2.05) is 0 Å². The van der Waals surface area contributed by atoms with Crippen LogP contribution in [0.25, 0.3) is 0 Å². The third-order valence-electron chi connectivity index (χ3n) is 4.26. The number of benzene rings is 1. The fourth-order valence-corrected chi connectivity index (χ4v) is 3.68. The number of aryl methyl sites for hydroxylation is 2. The first-order valence-corrected chi connectivity index (χ1v) is 7.03. The summed E-state index contributed by atoms with van der Waals surface area (Å²) >= 11 is 6.44. The molecule has 0 atom stereocenters. The maximum Gasteiger partial charge on any atom is 0.0443 e. The zero-order chi connectivity index (χ0) is 11.0. The molecule has 2 aliphatic carbocycles. The summed E-state index contributed by atoms with van der Waals surface area (Å²) in [5, 5.41) is 1.03. The lowest BCUT2D eigenvalue weighted by Gasteiger charge is -2.23. The molecule has 1 heteroatoms. The van der Waals surface area contributed by atoms with Crippen molar-refractivity contribution in [2.45, 2.75) is 57.3 Å². The Kier molecular flexibility index (Phi) is 2.93. The average molecular weight is 235 g/mol. The van der Waals surface area contributed by atoms with E-state index in [4.69, 9.17) is 11.6 Å². The van der Waals surface area contributed by atoms with Crippen molar-refractivity contribution < 1.29 is 0 Å². The maximum atomic E-state index is 6.44. The highest BCUT2D eigenvalue weighted by Gasteiger charge is 2.21. The van der Waals surface area contributed by atoms with E-state index < -0.39 is 0 Å². The normalized spacial score (nSPS) is 21.1. The van der Waals surface area contributed by atoms with Crippen molar-refractivity contribution in [2.75, 3.05) is 0 Å². The van der Waals surface area contributed by atoms with Crippen LogP contribution in [0.5, 0.6) is 0 Å². The quantitative estimate of drug-likeness (QED) is 0.650. The molecule has 1 aromatic rings. The van der Waals surface area contributed by atoms with Crippen LogP contribution in [0.15, 0.2) is 12.1 Å². The molecular weight excluding hydrogens is 216 g/mol. The van der Waals surface area contributed by atoms with Gasteiger partial charge in [-0.25, -0.2) is 0 Å². The van der Waals surface area contributed by atoms with Crippen molar-refractivity contribution >= 4 is 11.6 Å². The standard InChI is InChI=1S/C15H19Cl/c16-15-10-13-8-4-7-12(13)9-14(15)11-5-2-1-3-6-11/h9-11H,1-8H2. The Morgan fingerprint density at radius 2 is 1.56 bits per heavy atom. The number of hydrogen-bond donors (Lipinski definition) is 0. The summed E-state index contributed by atoms with van der Waals surface area (Å²) in [7, 11) is 0. The molecule has 0 amide bonds. The van der Waals surface area contributed by atoms with Crippen LogP contribution in [-0.4, -0.2) is 0 Å². The van der Waals surface area contributed by atoms with E-state index in [-0.39, 0.29) is 0 Å². The van der Waals surface area contributed by atoms with E-state index in [9.17, 15) is 0 Å². The summed E-state index contributed by atoms with van der Waals surface area (Å²) in [6, 6.07) is 4.66. The molecule has 0 N–H and O–H groups in total. The number of hydrogen-bond acceptors (Lipinski definition) is 0. The zero-order valence-corrected chi connectivity index (χ0v) is 10.5. The minimum atomic E-state index is 0.743. The van der Waals surface area contributed by atoms with Gasteiger partial charge in [-0.05, 0) is 60.8 Å². The number of rotatable bonds is 1. The minimum absolute atomic E-state index is 0.743. The third kappa shape index (κ3) is 1.88. The Morgan fingerprint density at radius 1 is 0.875 bits per heavy atom. The summed E-state index contributed by atoms with van der Waals surface area (Å²) < 4.78 is 0. The first-order chi connectivity index (χ1) is 7.84. The Morgan fingerprint density at radius 3 is 2.31 bits per heavy atom. The summed E-state index contributed by atoms with van der Waals surface area (Å²) in [5.41, 5.74) is 4.52. The van der Waals surface area contributed by atoms with Gasteiger partial charge in [0.15, 0.2) is 0 Å². The number of halogens is 1. The summed E-state index contributed by atoms with van der Waals surface area (Å²) in [6.07, 6.45) is 10.7. The largest absolute Gasteiger partial charge is 0.0840 e. The molecule has 0 radical (unpaired) electrons.